The Bertz CT molecular complexity index is 202. The monoisotopic (exact) mass is 228 g/mol. The first-order valence-electron chi connectivity index (χ1n) is 6.41. The molecule has 0 amide bonds. The maximum atomic E-state index is 5.80. The number of hydrogen-bond acceptors (Lipinski definition) is 3. The van der Waals surface area contributed by atoms with Crippen molar-refractivity contribution in [3.05, 3.63) is 0 Å². The lowest BCUT2D eigenvalue weighted by molar-refractivity contribution is -0.0188. The van der Waals surface area contributed by atoms with E-state index < -0.39 is 0 Å². The third-order valence-corrected chi connectivity index (χ3v) is 3.50. The summed E-state index contributed by atoms with van der Waals surface area (Å²) in [5.41, 5.74) is 6.16. The molecule has 0 bridgehead atoms. The van der Waals surface area contributed by atoms with Gasteiger partial charge in [-0.15, -0.1) is 0 Å². The molecular weight excluding hydrogens is 200 g/mol. The number of ether oxygens (including phenoxy) is 1. The van der Waals surface area contributed by atoms with E-state index in [0.29, 0.717) is 5.41 Å². The third-order valence-electron chi connectivity index (χ3n) is 3.50. The summed E-state index contributed by atoms with van der Waals surface area (Å²) >= 11 is 0. The van der Waals surface area contributed by atoms with Crippen molar-refractivity contribution in [1.82, 2.24) is 4.90 Å². The van der Waals surface area contributed by atoms with Crippen molar-refractivity contribution >= 4 is 0 Å². The lowest BCUT2D eigenvalue weighted by atomic mass is 9.80. The van der Waals surface area contributed by atoms with Crippen LogP contribution in [-0.4, -0.2) is 43.3 Å². The zero-order valence-corrected chi connectivity index (χ0v) is 11.4. The third kappa shape index (κ3) is 4.81. The Labute approximate surface area is 100 Å². The molecule has 0 radical (unpaired) electrons. The summed E-state index contributed by atoms with van der Waals surface area (Å²) in [5, 5.41) is 0. The van der Waals surface area contributed by atoms with Crippen LogP contribution in [0.1, 0.15) is 40.5 Å². The van der Waals surface area contributed by atoms with Crippen LogP contribution in [-0.2, 0) is 4.74 Å². The van der Waals surface area contributed by atoms with Gasteiger partial charge in [0.15, 0.2) is 0 Å². The minimum Gasteiger partial charge on any atom is -0.375 e. The SMILES string of the molecule is CC1(CN)CCN(CCOC(C)(C)C)CC1. The first-order valence-corrected chi connectivity index (χ1v) is 6.41. The second-order valence-electron chi connectivity index (χ2n) is 6.32. The lowest BCUT2D eigenvalue weighted by Crippen LogP contribution is -2.43. The molecule has 0 aromatic heterocycles. The molecular formula is C13H28N2O. The summed E-state index contributed by atoms with van der Waals surface area (Å²) in [6.45, 7) is 13.7. The van der Waals surface area contributed by atoms with Gasteiger partial charge in [0.25, 0.3) is 0 Å². The van der Waals surface area contributed by atoms with Crippen LogP contribution in [0, 0.1) is 5.41 Å². The van der Waals surface area contributed by atoms with Crippen molar-refractivity contribution in [2.75, 3.05) is 32.8 Å². The highest BCUT2D eigenvalue weighted by molar-refractivity contribution is 4.82. The molecule has 1 fully saturated rings. The Balaban J connectivity index is 2.18. The Kier molecular flexibility index (Phi) is 4.77. The van der Waals surface area contributed by atoms with Gasteiger partial charge < -0.3 is 15.4 Å². The van der Waals surface area contributed by atoms with Crippen LogP contribution in [0.3, 0.4) is 0 Å². The Morgan fingerprint density at radius 1 is 1.25 bits per heavy atom. The summed E-state index contributed by atoms with van der Waals surface area (Å²) < 4.78 is 5.74. The smallest absolute Gasteiger partial charge is 0.0600 e. The van der Waals surface area contributed by atoms with Crippen LogP contribution in [0.15, 0.2) is 0 Å². The largest absolute Gasteiger partial charge is 0.375 e. The molecule has 0 unspecified atom stereocenters. The van der Waals surface area contributed by atoms with Gasteiger partial charge >= 0.3 is 0 Å². The molecule has 2 N–H and O–H groups in total. The van der Waals surface area contributed by atoms with Crippen LogP contribution in [0.2, 0.25) is 0 Å². The maximum absolute atomic E-state index is 5.80. The van der Waals surface area contributed by atoms with Crippen molar-refractivity contribution in [2.45, 2.75) is 46.1 Å². The highest BCUT2D eigenvalue weighted by atomic mass is 16.5. The second kappa shape index (κ2) is 5.48. The highest BCUT2D eigenvalue weighted by Gasteiger charge is 2.28. The standard InChI is InChI=1S/C13H28N2O/c1-12(2,3)16-10-9-15-7-5-13(4,11-14)6-8-15/h5-11,14H2,1-4H3. The molecule has 1 saturated heterocycles. The summed E-state index contributed by atoms with van der Waals surface area (Å²) in [6, 6.07) is 0. The number of rotatable bonds is 4. The highest BCUT2D eigenvalue weighted by Crippen LogP contribution is 2.29. The molecule has 0 saturated carbocycles. The first kappa shape index (κ1) is 13.9. The number of likely N-dealkylation sites (tertiary alicyclic amines) is 1. The fourth-order valence-corrected chi connectivity index (χ4v) is 2.00. The molecule has 0 aromatic carbocycles. The van der Waals surface area contributed by atoms with Gasteiger partial charge in [0.05, 0.1) is 12.2 Å². The van der Waals surface area contributed by atoms with Gasteiger partial charge in [-0.3, -0.25) is 0 Å². The van der Waals surface area contributed by atoms with Crippen molar-refractivity contribution in [3.63, 3.8) is 0 Å². The average Bonchev–Trinajstić information content (AvgIpc) is 2.20. The fourth-order valence-electron chi connectivity index (χ4n) is 2.00. The van der Waals surface area contributed by atoms with E-state index in [-0.39, 0.29) is 5.60 Å². The van der Waals surface area contributed by atoms with E-state index in [9.17, 15) is 0 Å². The molecule has 0 aliphatic carbocycles. The number of nitrogens with two attached hydrogens (primary N) is 1. The van der Waals surface area contributed by atoms with Crippen molar-refractivity contribution in [1.29, 1.82) is 0 Å². The zero-order valence-electron chi connectivity index (χ0n) is 11.4. The van der Waals surface area contributed by atoms with Gasteiger partial charge in [-0.25, -0.2) is 0 Å². The minimum atomic E-state index is -0.0123. The van der Waals surface area contributed by atoms with Gasteiger partial charge in [-0.05, 0) is 58.7 Å². The zero-order chi connectivity index (χ0) is 12.2. The molecule has 1 aliphatic heterocycles. The van der Waals surface area contributed by atoms with Gasteiger partial charge in [-0.2, -0.15) is 0 Å². The molecule has 0 aromatic rings. The van der Waals surface area contributed by atoms with Crippen LogP contribution in [0.5, 0.6) is 0 Å². The number of piperidine rings is 1. The van der Waals surface area contributed by atoms with Gasteiger partial charge in [0.2, 0.25) is 0 Å². The summed E-state index contributed by atoms with van der Waals surface area (Å²) in [5.74, 6) is 0. The molecule has 0 spiro atoms. The Morgan fingerprint density at radius 2 is 1.81 bits per heavy atom. The van der Waals surface area contributed by atoms with Crippen LogP contribution in [0.4, 0.5) is 0 Å². The molecule has 0 atom stereocenters. The van der Waals surface area contributed by atoms with Crippen molar-refractivity contribution in [3.8, 4) is 0 Å². The topological polar surface area (TPSA) is 38.5 Å². The first-order chi connectivity index (χ1) is 7.35. The van der Waals surface area contributed by atoms with E-state index in [1.807, 2.05) is 0 Å². The summed E-state index contributed by atoms with van der Waals surface area (Å²) in [4.78, 5) is 2.49. The molecule has 96 valence electrons. The quantitative estimate of drug-likeness (QED) is 0.798. The van der Waals surface area contributed by atoms with E-state index in [4.69, 9.17) is 10.5 Å². The van der Waals surface area contributed by atoms with Gasteiger partial charge in [0, 0.05) is 6.54 Å². The summed E-state index contributed by atoms with van der Waals surface area (Å²) in [6.07, 6.45) is 2.44. The molecule has 3 nitrogen and oxygen atoms in total. The van der Waals surface area contributed by atoms with Gasteiger partial charge in [0.1, 0.15) is 0 Å². The molecule has 1 aliphatic rings. The van der Waals surface area contributed by atoms with Crippen molar-refractivity contribution in [2.24, 2.45) is 11.1 Å². The molecule has 1 rings (SSSR count). The molecule has 1 heterocycles. The maximum Gasteiger partial charge on any atom is 0.0600 e. The Morgan fingerprint density at radius 3 is 2.25 bits per heavy atom. The van der Waals surface area contributed by atoms with Crippen molar-refractivity contribution < 1.29 is 4.74 Å². The van der Waals surface area contributed by atoms with E-state index in [0.717, 1.165) is 19.7 Å². The lowest BCUT2D eigenvalue weighted by Gasteiger charge is -2.38. The second-order valence-corrected chi connectivity index (χ2v) is 6.32. The molecule has 3 heteroatoms. The summed E-state index contributed by atoms with van der Waals surface area (Å²) in [7, 11) is 0. The van der Waals surface area contributed by atoms with Crippen LogP contribution in [0.25, 0.3) is 0 Å². The Hall–Kier alpha value is -0.120. The number of nitrogens with zero attached hydrogens (tertiary/aromatic N) is 1. The predicted octanol–water partition coefficient (Wildman–Crippen LogP) is 1.86. The van der Waals surface area contributed by atoms with E-state index in [1.165, 1.54) is 25.9 Å². The number of hydrogen-bond donors (Lipinski definition) is 1. The molecule has 16 heavy (non-hydrogen) atoms. The van der Waals surface area contributed by atoms with Crippen LogP contribution >= 0.6 is 0 Å². The van der Waals surface area contributed by atoms with E-state index >= 15 is 0 Å². The van der Waals surface area contributed by atoms with Crippen LogP contribution < -0.4 is 5.73 Å². The van der Waals surface area contributed by atoms with E-state index in [2.05, 4.69) is 32.6 Å². The van der Waals surface area contributed by atoms with Gasteiger partial charge in [-0.1, -0.05) is 6.92 Å². The van der Waals surface area contributed by atoms with E-state index in [1.54, 1.807) is 0 Å². The fraction of sp³-hybridized carbons (Fsp3) is 1.00. The normalized spacial score (nSPS) is 22.3. The minimum absolute atomic E-state index is 0.0123. The predicted molar refractivity (Wildman–Crippen MR) is 68.5 cm³/mol. The average molecular weight is 228 g/mol.